The van der Waals surface area contributed by atoms with E-state index in [1.807, 2.05) is 42.5 Å². The molecule has 0 radical (unpaired) electrons. The number of nitrogens with zero attached hydrogens (tertiary/aromatic N) is 2. The summed E-state index contributed by atoms with van der Waals surface area (Å²) >= 11 is 0. The number of piperazine rings is 1. The minimum atomic E-state index is -1.25. The number of aryl methyl sites for hydroxylation is 1. The van der Waals surface area contributed by atoms with Crippen molar-refractivity contribution < 1.29 is 9.59 Å². The Morgan fingerprint density at radius 2 is 1.26 bits per heavy atom. The van der Waals surface area contributed by atoms with Gasteiger partial charge in [-0.1, -0.05) is 78.9 Å². The van der Waals surface area contributed by atoms with Crippen LogP contribution in [0.1, 0.15) is 37.4 Å². The molecule has 156 valence electrons. The Labute approximate surface area is 183 Å². The van der Waals surface area contributed by atoms with Gasteiger partial charge in [-0.3, -0.25) is 19.4 Å². The number of hydrogen-bond acceptors (Lipinski definition) is 4. The summed E-state index contributed by atoms with van der Waals surface area (Å²) in [4.78, 5) is 32.1. The van der Waals surface area contributed by atoms with Gasteiger partial charge in [-0.2, -0.15) is 0 Å². The lowest BCUT2D eigenvalue weighted by atomic mass is 9.82. The summed E-state index contributed by atoms with van der Waals surface area (Å²) < 4.78 is 0. The van der Waals surface area contributed by atoms with Gasteiger partial charge in [0, 0.05) is 43.9 Å². The average molecular weight is 411 g/mol. The van der Waals surface area contributed by atoms with Crippen LogP contribution in [0.25, 0.3) is 0 Å². The minimum absolute atomic E-state index is 0.0911. The first-order valence-electron chi connectivity index (χ1n) is 10.9. The van der Waals surface area contributed by atoms with Gasteiger partial charge in [0.25, 0.3) is 0 Å². The molecule has 0 atom stereocenters. The Bertz CT molecular complexity index is 1100. The molecule has 0 bridgehead atoms. The number of rotatable bonds is 4. The van der Waals surface area contributed by atoms with E-state index in [1.165, 1.54) is 11.1 Å². The number of carbonyl (C=O) groups is 2. The largest absolute Gasteiger partial charge is 0.297 e. The zero-order valence-corrected chi connectivity index (χ0v) is 17.8. The van der Waals surface area contributed by atoms with Crippen LogP contribution in [0.5, 0.6) is 0 Å². The minimum Gasteiger partial charge on any atom is -0.297 e. The van der Waals surface area contributed by atoms with Crippen molar-refractivity contribution in [2.45, 2.75) is 19.0 Å². The molecule has 1 aliphatic heterocycles. The normalized spacial score (nSPS) is 18.9. The molecule has 1 heterocycles. The monoisotopic (exact) mass is 410 g/mol. The molecule has 1 fully saturated rings. The van der Waals surface area contributed by atoms with E-state index in [0.29, 0.717) is 24.2 Å². The van der Waals surface area contributed by atoms with Crippen molar-refractivity contribution in [2.24, 2.45) is 0 Å². The Hall–Kier alpha value is -3.08. The molecule has 0 saturated carbocycles. The molecule has 3 aromatic rings. The third kappa shape index (κ3) is 3.14. The van der Waals surface area contributed by atoms with Gasteiger partial charge in [0.1, 0.15) is 0 Å². The van der Waals surface area contributed by atoms with Crippen LogP contribution in [0.2, 0.25) is 0 Å². The summed E-state index contributed by atoms with van der Waals surface area (Å²) in [7, 11) is 0. The zero-order valence-electron chi connectivity index (χ0n) is 17.8. The topological polar surface area (TPSA) is 40.6 Å². The van der Waals surface area contributed by atoms with E-state index in [-0.39, 0.29) is 11.6 Å². The highest BCUT2D eigenvalue weighted by Crippen LogP contribution is 2.42. The molecule has 1 aliphatic carbocycles. The molecule has 1 saturated heterocycles. The molecule has 5 rings (SSSR count). The van der Waals surface area contributed by atoms with E-state index in [9.17, 15) is 9.59 Å². The lowest BCUT2D eigenvalue weighted by Gasteiger charge is -2.44. The quantitative estimate of drug-likeness (QED) is 0.608. The van der Waals surface area contributed by atoms with Crippen LogP contribution in [-0.2, 0) is 12.1 Å². The van der Waals surface area contributed by atoms with Crippen LogP contribution < -0.4 is 0 Å². The molecule has 4 heteroatoms. The van der Waals surface area contributed by atoms with Gasteiger partial charge in [0.2, 0.25) is 0 Å². The number of fused-ring (bicyclic) bond motifs is 1. The molecule has 31 heavy (non-hydrogen) atoms. The molecular weight excluding hydrogens is 384 g/mol. The number of ketones is 2. The maximum absolute atomic E-state index is 13.8. The first-order chi connectivity index (χ1) is 15.1. The van der Waals surface area contributed by atoms with E-state index in [4.69, 9.17) is 0 Å². The Kier molecular flexibility index (Phi) is 5.05. The highest BCUT2D eigenvalue weighted by Gasteiger charge is 2.58. The van der Waals surface area contributed by atoms with Crippen molar-refractivity contribution >= 4 is 11.6 Å². The average Bonchev–Trinajstić information content (AvgIpc) is 3.04. The second-order valence-corrected chi connectivity index (χ2v) is 8.47. The highest BCUT2D eigenvalue weighted by molar-refractivity contribution is 6.32. The van der Waals surface area contributed by atoms with Crippen molar-refractivity contribution in [3.63, 3.8) is 0 Å². The number of benzene rings is 3. The van der Waals surface area contributed by atoms with Crippen LogP contribution in [0, 0.1) is 6.92 Å². The third-order valence-corrected chi connectivity index (χ3v) is 6.77. The SMILES string of the molecule is Cc1ccccc1CN1CCN(C2(c3ccccc3)C(=O)c3ccccc3C2=O)CC1. The van der Waals surface area contributed by atoms with Crippen LogP contribution in [0.4, 0.5) is 0 Å². The Balaban J connectivity index is 1.46. The van der Waals surface area contributed by atoms with Gasteiger partial charge in [0.05, 0.1) is 0 Å². The highest BCUT2D eigenvalue weighted by atomic mass is 16.2. The smallest absolute Gasteiger partial charge is 0.196 e. The van der Waals surface area contributed by atoms with Gasteiger partial charge in [0.15, 0.2) is 17.1 Å². The predicted molar refractivity (Wildman–Crippen MR) is 121 cm³/mol. The second kappa shape index (κ2) is 7.88. The molecule has 3 aromatic carbocycles. The van der Waals surface area contributed by atoms with Crippen molar-refractivity contribution in [3.8, 4) is 0 Å². The van der Waals surface area contributed by atoms with Crippen molar-refractivity contribution in [1.29, 1.82) is 0 Å². The fraction of sp³-hybridized carbons (Fsp3) is 0.259. The molecule has 0 aromatic heterocycles. The first kappa shape index (κ1) is 19.9. The van der Waals surface area contributed by atoms with E-state index < -0.39 is 5.54 Å². The van der Waals surface area contributed by atoms with Crippen molar-refractivity contribution in [3.05, 3.63) is 107 Å². The number of Topliss-reactive ketones (excluding diaryl/α,β-unsaturated/α-hetero) is 2. The van der Waals surface area contributed by atoms with Crippen molar-refractivity contribution in [2.75, 3.05) is 26.2 Å². The summed E-state index contributed by atoms with van der Waals surface area (Å²) in [6, 6.07) is 25.3. The molecule has 0 spiro atoms. The van der Waals surface area contributed by atoms with Crippen LogP contribution >= 0.6 is 0 Å². The van der Waals surface area contributed by atoms with E-state index >= 15 is 0 Å². The zero-order chi connectivity index (χ0) is 21.4. The Morgan fingerprint density at radius 1 is 0.710 bits per heavy atom. The van der Waals surface area contributed by atoms with E-state index in [2.05, 4.69) is 41.0 Å². The molecule has 0 N–H and O–H groups in total. The second-order valence-electron chi connectivity index (χ2n) is 8.47. The molecule has 4 nitrogen and oxygen atoms in total. The molecule has 2 aliphatic rings. The molecule has 0 unspecified atom stereocenters. The lowest BCUT2D eigenvalue weighted by Crippen LogP contribution is -2.60. The van der Waals surface area contributed by atoms with E-state index in [1.54, 1.807) is 12.1 Å². The van der Waals surface area contributed by atoms with Gasteiger partial charge >= 0.3 is 0 Å². The summed E-state index contributed by atoms with van der Waals surface area (Å²) in [5.74, 6) is -0.182. The molecular formula is C27H26N2O2. The van der Waals surface area contributed by atoms with Gasteiger partial charge in [-0.15, -0.1) is 0 Å². The summed E-state index contributed by atoms with van der Waals surface area (Å²) in [6.07, 6.45) is 0. The molecule has 0 amide bonds. The lowest BCUT2D eigenvalue weighted by molar-refractivity contribution is 0.0279. The summed E-state index contributed by atoms with van der Waals surface area (Å²) in [6.45, 7) is 6.02. The third-order valence-electron chi connectivity index (χ3n) is 6.77. The maximum atomic E-state index is 13.8. The van der Waals surface area contributed by atoms with Crippen LogP contribution in [-0.4, -0.2) is 47.5 Å². The Morgan fingerprint density at radius 3 is 1.87 bits per heavy atom. The van der Waals surface area contributed by atoms with Gasteiger partial charge < -0.3 is 0 Å². The van der Waals surface area contributed by atoms with Crippen molar-refractivity contribution in [1.82, 2.24) is 9.80 Å². The summed E-state index contributed by atoms with van der Waals surface area (Å²) in [5, 5.41) is 0. The number of hydrogen-bond donors (Lipinski definition) is 0. The predicted octanol–water partition coefficient (Wildman–Crippen LogP) is 4.09. The maximum Gasteiger partial charge on any atom is 0.196 e. The summed E-state index contributed by atoms with van der Waals surface area (Å²) in [5.41, 5.74) is 3.22. The van der Waals surface area contributed by atoms with Gasteiger partial charge in [-0.25, -0.2) is 0 Å². The fourth-order valence-electron chi connectivity index (χ4n) is 5.05. The number of carbonyl (C=O) groups excluding carboxylic acids is 2. The van der Waals surface area contributed by atoms with Crippen LogP contribution in [0.3, 0.4) is 0 Å². The first-order valence-corrected chi connectivity index (χ1v) is 10.9. The standard InChI is InChI=1S/C27H26N2O2/c1-20-9-5-6-10-21(20)19-28-15-17-29(18-16-28)27(22-11-3-2-4-12-22)25(30)23-13-7-8-14-24(23)26(27)31/h2-14H,15-19H2,1H3. The van der Waals surface area contributed by atoms with Crippen LogP contribution in [0.15, 0.2) is 78.9 Å². The van der Waals surface area contributed by atoms with E-state index in [0.717, 1.165) is 25.2 Å². The fourth-order valence-corrected chi connectivity index (χ4v) is 5.05. The van der Waals surface area contributed by atoms with Gasteiger partial charge in [-0.05, 0) is 23.6 Å².